The Morgan fingerprint density at radius 2 is 0.759 bits per heavy atom. The first-order valence-corrected chi connectivity index (χ1v) is 20.0. The van der Waals surface area contributed by atoms with Gasteiger partial charge in [-0.3, -0.25) is 0 Å². The minimum atomic E-state index is -0.558. The first-order valence-electron chi connectivity index (χ1n) is 20.0. The third-order valence-corrected chi connectivity index (χ3v) is 12.4. The van der Waals surface area contributed by atoms with Gasteiger partial charge in [0.25, 0.3) is 0 Å². The fourth-order valence-corrected chi connectivity index (χ4v) is 9.71. The number of hydrogen-bond acceptors (Lipinski definition) is 3. The predicted octanol–water partition coefficient (Wildman–Crippen LogP) is 13.2. The Labute approximate surface area is 339 Å². The highest BCUT2D eigenvalue weighted by atomic mass is 15.0. The van der Waals surface area contributed by atoms with Crippen LogP contribution in [0.15, 0.2) is 200 Å². The summed E-state index contributed by atoms with van der Waals surface area (Å²) in [5.41, 5.74) is 17.0. The van der Waals surface area contributed by atoms with Gasteiger partial charge in [0.05, 0.1) is 5.41 Å². The van der Waals surface area contributed by atoms with E-state index in [4.69, 9.17) is 15.0 Å². The number of benzene rings is 8. The molecule has 2 aliphatic carbocycles. The number of fused-ring (bicyclic) bond motifs is 6. The molecule has 0 saturated carbocycles. The van der Waals surface area contributed by atoms with Crippen molar-refractivity contribution in [1.29, 1.82) is 0 Å². The molecule has 0 atom stereocenters. The summed E-state index contributed by atoms with van der Waals surface area (Å²) in [6.45, 7) is 4.70. The van der Waals surface area contributed by atoms with Gasteiger partial charge >= 0.3 is 0 Å². The van der Waals surface area contributed by atoms with Crippen LogP contribution in [-0.2, 0) is 10.8 Å². The van der Waals surface area contributed by atoms with Gasteiger partial charge in [-0.25, -0.2) is 15.0 Å². The summed E-state index contributed by atoms with van der Waals surface area (Å²) in [7, 11) is 0. The molecule has 3 nitrogen and oxygen atoms in total. The lowest BCUT2D eigenvalue weighted by Gasteiger charge is -2.34. The van der Waals surface area contributed by atoms with Crippen molar-refractivity contribution in [2.24, 2.45) is 0 Å². The topological polar surface area (TPSA) is 38.7 Å². The Bertz CT molecular complexity index is 2910. The van der Waals surface area contributed by atoms with Gasteiger partial charge in [-0.1, -0.05) is 196 Å². The van der Waals surface area contributed by atoms with E-state index in [0.717, 1.165) is 27.8 Å². The lowest BCUT2D eigenvalue weighted by Crippen LogP contribution is -2.28. The van der Waals surface area contributed by atoms with Gasteiger partial charge in [0.2, 0.25) is 0 Å². The van der Waals surface area contributed by atoms with E-state index in [-0.39, 0.29) is 5.41 Å². The molecule has 58 heavy (non-hydrogen) atoms. The smallest absolute Gasteiger partial charge is 0.164 e. The third-order valence-electron chi connectivity index (χ3n) is 12.4. The van der Waals surface area contributed by atoms with Crippen LogP contribution in [0.5, 0.6) is 0 Å². The molecule has 0 N–H and O–H groups in total. The van der Waals surface area contributed by atoms with Gasteiger partial charge in [-0.2, -0.15) is 0 Å². The van der Waals surface area contributed by atoms with Crippen molar-refractivity contribution < 1.29 is 0 Å². The van der Waals surface area contributed by atoms with E-state index in [2.05, 4.69) is 178 Å². The molecule has 0 unspecified atom stereocenters. The maximum absolute atomic E-state index is 5.33. The van der Waals surface area contributed by atoms with Crippen molar-refractivity contribution >= 4 is 0 Å². The van der Waals surface area contributed by atoms with Crippen LogP contribution in [0, 0.1) is 0 Å². The molecule has 0 spiro atoms. The molecule has 0 fully saturated rings. The van der Waals surface area contributed by atoms with Gasteiger partial charge < -0.3 is 0 Å². The Morgan fingerprint density at radius 3 is 1.34 bits per heavy atom. The second-order valence-electron chi connectivity index (χ2n) is 15.9. The lowest BCUT2D eigenvalue weighted by atomic mass is 9.67. The van der Waals surface area contributed by atoms with Crippen molar-refractivity contribution in [3.8, 4) is 67.5 Å². The van der Waals surface area contributed by atoms with Gasteiger partial charge in [0, 0.05) is 22.1 Å². The second-order valence-corrected chi connectivity index (χ2v) is 15.9. The standard InChI is InChI=1S/C55H39N3/c1-54(2)47-29-17-15-27-41(47)43-32-31-38(33-49(43)54)44-35-50-45(42-28-16-18-30-48(42)55(50,39-23-11-5-12-24-39)40-25-13-6-14-26-40)34-46(44)53-57-51(36-19-7-3-8-20-36)56-52(58-53)37-21-9-4-10-22-37/h3-35H,1-2H3. The molecule has 8 aromatic carbocycles. The van der Waals surface area contributed by atoms with Crippen LogP contribution in [0.4, 0.5) is 0 Å². The highest BCUT2D eigenvalue weighted by molar-refractivity contribution is 5.95. The molecule has 1 aromatic heterocycles. The predicted molar refractivity (Wildman–Crippen MR) is 236 cm³/mol. The van der Waals surface area contributed by atoms with Crippen molar-refractivity contribution in [2.45, 2.75) is 24.7 Å². The Hall–Kier alpha value is -7.23. The van der Waals surface area contributed by atoms with Crippen molar-refractivity contribution in [3.63, 3.8) is 0 Å². The quantitative estimate of drug-likeness (QED) is 0.170. The first kappa shape index (κ1) is 34.1. The van der Waals surface area contributed by atoms with Crippen LogP contribution < -0.4 is 0 Å². The normalized spacial score (nSPS) is 14.0. The van der Waals surface area contributed by atoms with Crippen LogP contribution in [0.1, 0.15) is 47.2 Å². The summed E-state index contributed by atoms with van der Waals surface area (Å²) in [6.07, 6.45) is 0. The fraction of sp³-hybridized carbons (Fsp3) is 0.0727. The minimum absolute atomic E-state index is 0.166. The maximum atomic E-state index is 5.33. The molecule has 274 valence electrons. The van der Waals surface area contributed by atoms with Crippen molar-refractivity contribution in [2.75, 3.05) is 0 Å². The number of aromatic nitrogens is 3. The average molecular weight is 742 g/mol. The third kappa shape index (κ3) is 5.10. The van der Waals surface area contributed by atoms with Crippen molar-refractivity contribution in [1.82, 2.24) is 15.0 Å². The van der Waals surface area contributed by atoms with E-state index in [1.54, 1.807) is 0 Å². The summed E-state index contributed by atoms with van der Waals surface area (Å²) in [4.78, 5) is 15.7. The molecule has 0 saturated heterocycles. The highest BCUT2D eigenvalue weighted by Crippen LogP contribution is 2.58. The highest BCUT2D eigenvalue weighted by Gasteiger charge is 2.47. The Morgan fingerprint density at radius 1 is 0.293 bits per heavy atom. The molecule has 11 rings (SSSR count). The molecule has 0 aliphatic heterocycles. The second kappa shape index (κ2) is 13.2. The monoisotopic (exact) mass is 741 g/mol. The lowest BCUT2D eigenvalue weighted by molar-refractivity contribution is 0.660. The van der Waals surface area contributed by atoms with E-state index < -0.39 is 5.41 Å². The zero-order chi connectivity index (χ0) is 38.8. The maximum Gasteiger partial charge on any atom is 0.164 e. The summed E-state index contributed by atoms with van der Waals surface area (Å²) in [6, 6.07) is 72.1. The largest absolute Gasteiger partial charge is 0.208 e. The molecule has 1 heterocycles. The fourth-order valence-electron chi connectivity index (χ4n) is 9.71. The first-order chi connectivity index (χ1) is 28.5. The molecule has 9 aromatic rings. The average Bonchev–Trinajstić information content (AvgIpc) is 3.72. The van der Waals surface area contributed by atoms with Crippen LogP contribution in [-0.4, -0.2) is 15.0 Å². The SMILES string of the molecule is CC1(C)c2ccccc2-c2ccc(-c3cc4c(cc3-c3nc(-c5ccccc5)nc(-c5ccccc5)n3)-c3ccccc3C4(c3ccccc3)c3ccccc3)cc21. The van der Waals surface area contributed by atoms with Gasteiger partial charge in [0.15, 0.2) is 17.5 Å². The van der Waals surface area contributed by atoms with E-state index >= 15 is 0 Å². The van der Waals surface area contributed by atoms with E-state index in [0.29, 0.717) is 17.5 Å². The van der Waals surface area contributed by atoms with E-state index in [1.807, 2.05) is 36.4 Å². The minimum Gasteiger partial charge on any atom is -0.208 e. The summed E-state index contributed by atoms with van der Waals surface area (Å²) in [5, 5.41) is 0. The van der Waals surface area contributed by atoms with Gasteiger partial charge in [-0.05, 0) is 85.0 Å². The molecule has 0 bridgehead atoms. The van der Waals surface area contributed by atoms with E-state index in [9.17, 15) is 0 Å². The molecule has 2 aliphatic rings. The number of rotatable bonds is 6. The molecular weight excluding hydrogens is 703 g/mol. The van der Waals surface area contributed by atoms with Crippen LogP contribution in [0.2, 0.25) is 0 Å². The Kier molecular flexibility index (Phi) is 7.74. The molecule has 3 heteroatoms. The van der Waals surface area contributed by atoms with Gasteiger partial charge in [-0.15, -0.1) is 0 Å². The van der Waals surface area contributed by atoms with Gasteiger partial charge in [0.1, 0.15) is 0 Å². The summed E-state index contributed by atoms with van der Waals surface area (Å²) in [5.74, 6) is 1.93. The molecular formula is C55H39N3. The zero-order valence-electron chi connectivity index (χ0n) is 32.4. The summed E-state index contributed by atoms with van der Waals surface area (Å²) < 4.78 is 0. The van der Waals surface area contributed by atoms with Crippen molar-refractivity contribution in [3.05, 3.63) is 234 Å². The number of hydrogen-bond donors (Lipinski definition) is 0. The van der Waals surface area contributed by atoms with E-state index in [1.165, 1.54) is 55.6 Å². The van der Waals surface area contributed by atoms with Crippen LogP contribution in [0.3, 0.4) is 0 Å². The Balaban J connectivity index is 1.25. The summed E-state index contributed by atoms with van der Waals surface area (Å²) >= 11 is 0. The molecule has 0 amide bonds. The number of nitrogens with zero attached hydrogens (tertiary/aromatic N) is 3. The molecule has 0 radical (unpaired) electrons. The van der Waals surface area contributed by atoms with Crippen LogP contribution in [0.25, 0.3) is 67.5 Å². The van der Waals surface area contributed by atoms with Crippen LogP contribution >= 0.6 is 0 Å². The zero-order valence-corrected chi connectivity index (χ0v) is 32.4.